The number of unbranched alkanes of at least 4 members (excludes halogenated alkanes) is 2. The van der Waals surface area contributed by atoms with Crippen molar-refractivity contribution >= 4 is 17.7 Å². The van der Waals surface area contributed by atoms with Crippen LogP contribution >= 0.6 is 0 Å². The number of nitrogen functional groups attached to an aromatic ring is 1. The van der Waals surface area contributed by atoms with Crippen LogP contribution in [-0.4, -0.2) is 40.0 Å². The first-order valence-corrected chi connectivity index (χ1v) is 10.8. The van der Waals surface area contributed by atoms with Gasteiger partial charge in [-0.25, -0.2) is 28.8 Å². The number of amides is 2. The fraction of sp³-hybridized carbons (Fsp3) is 0.619. The van der Waals surface area contributed by atoms with Gasteiger partial charge in [0, 0.05) is 16.8 Å². The summed E-state index contributed by atoms with van der Waals surface area (Å²) in [6.45, 7) is 5.98. The molecule has 2 amide bonds. The van der Waals surface area contributed by atoms with Crippen molar-refractivity contribution in [3.05, 3.63) is 23.4 Å². The number of hydrazine groups is 1. The van der Waals surface area contributed by atoms with Crippen LogP contribution in [0.25, 0.3) is 0 Å². The van der Waals surface area contributed by atoms with Gasteiger partial charge in [-0.2, -0.15) is 13.2 Å². The molecular formula is C21H29CoF6N4O5-. The topological polar surface area (TPSA) is 136 Å². The first-order chi connectivity index (χ1) is 16.3. The number of anilines is 1. The second-order valence-electron chi connectivity index (χ2n) is 8.81. The summed E-state index contributed by atoms with van der Waals surface area (Å²) in [7, 11) is 0. The summed E-state index contributed by atoms with van der Waals surface area (Å²) in [4.78, 5) is 27.8. The molecule has 0 aliphatic rings. The summed E-state index contributed by atoms with van der Waals surface area (Å²) in [6.07, 6.45) is -13.3. The third-order valence-electron chi connectivity index (χ3n) is 4.44. The van der Waals surface area contributed by atoms with E-state index in [9.17, 15) is 35.9 Å². The van der Waals surface area contributed by atoms with Crippen LogP contribution in [0.4, 0.5) is 36.8 Å². The summed E-state index contributed by atoms with van der Waals surface area (Å²) in [5, 5.41) is 10.9. The van der Waals surface area contributed by atoms with Crippen molar-refractivity contribution in [3.8, 4) is 5.88 Å². The predicted octanol–water partition coefficient (Wildman–Crippen LogP) is 5.23. The Morgan fingerprint density at radius 1 is 1.14 bits per heavy atom. The van der Waals surface area contributed by atoms with Gasteiger partial charge < -0.3 is 14.6 Å². The average molecular weight is 590 g/mol. The first kappa shape index (κ1) is 34.7. The second kappa shape index (κ2) is 14.0. The zero-order chi connectivity index (χ0) is 27.9. The molecule has 0 fully saturated rings. The van der Waals surface area contributed by atoms with Crippen LogP contribution in [0, 0.1) is 6.10 Å². The number of nitrogens with one attached hydrogen (secondary N) is 2. The van der Waals surface area contributed by atoms with E-state index in [0.717, 1.165) is 0 Å². The number of nitrogens with two attached hydrogens (primary N) is 1. The number of aliphatic hydroxyl groups is 1. The predicted molar refractivity (Wildman–Crippen MR) is 115 cm³/mol. The molecule has 9 nitrogen and oxygen atoms in total. The number of rotatable bonds is 10. The van der Waals surface area contributed by atoms with E-state index in [1.54, 1.807) is 5.43 Å². The zero-order valence-corrected chi connectivity index (χ0v) is 21.4. The van der Waals surface area contributed by atoms with E-state index in [4.69, 9.17) is 20.4 Å². The Hall–Kier alpha value is -2.30. The zero-order valence-electron chi connectivity index (χ0n) is 20.4. The maximum atomic E-state index is 13.7. The van der Waals surface area contributed by atoms with E-state index in [0.29, 0.717) is 6.07 Å². The number of carbonyl (C=O) groups excluding carboxylic acids is 2. The molecule has 16 heteroatoms. The van der Waals surface area contributed by atoms with Crippen LogP contribution in [-0.2, 0) is 27.7 Å². The van der Waals surface area contributed by atoms with Crippen LogP contribution in [0.1, 0.15) is 75.9 Å². The summed E-state index contributed by atoms with van der Waals surface area (Å²) in [6, 6.07) is 0.458. The molecule has 1 rings (SSSR count). The van der Waals surface area contributed by atoms with Crippen molar-refractivity contribution in [1.82, 2.24) is 10.4 Å². The number of carbonyl (C=O) groups is 2. The molecule has 0 spiro atoms. The summed E-state index contributed by atoms with van der Waals surface area (Å²) >= 11 is 0. The molecule has 0 bridgehead atoms. The largest absolute Gasteiger partial charge is 0.554 e. The van der Waals surface area contributed by atoms with Gasteiger partial charge in [-0.05, 0) is 46.6 Å². The molecule has 1 aromatic heterocycles. The molecule has 0 aliphatic carbocycles. The molecule has 0 aromatic carbocycles. The number of aliphatic hydroxyl groups excluding tert-OH is 1. The fourth-order valence-electron chi connectivity index (χ4n) is 2.83. The quantitative estimate of drug-likeness (QED) is 0.0732. The number of hydrogen-bond donors (Lipinski definition) is 4. The molecule has 5 N–H and O–H groups in total. The molecule has 0 saturated heterocycles. The minimum absolute atomic E-state index is 0. The van der Waals surface area contributed by atoms with Gasteiger partial charge in [-0.1, -0.05) is 18.9 Å². The van der Waals surface area contributed by atoms with Gasteiger partial charge in [0.05, 0.1) is 11.8 Å². The van der Waals surface area contributed by atoms with Crippen LogP contribution < -0.4 is 21.3 Å². The van der Waals surface area contributed by atoms with E-state index < -0.39 is 71.4 Å². The molecule has 37 heavy (non-hydrogen) atoms. The minimum Gasteiger partial charge on any atom is -0.554 e. The van der Waals surface area contributed by atoms with E-state index in [2.05, 4.69) is 4.98 Å². The van der Waals surface area contributed by atoms with Crippen molar-refractivity contribution in [2.45, 2.75) is 83.9 Å². The van der Waals surface area contributed by atoms with Crippen LogP contribution in [0.2, 0.25) is 0 Å². The van der Waals surface area contributed by atoms with Crippen LogP contribution in [0.15, 0.2) is 6.07 Å². The number of alkyl halides is 6. The molecule has 1 heterocycles. The average Bonchev–Trinajstić information content (AvgIpc) is 2.70. The standard InChI is InChI=1S/C21H29F6N4O5.Co/c1-11(8-6-5-7-9-14(32)21(25,26)27)35-17-12(20(22,23)24)10-13(15(30-17)16(33)31-28)29-18(34)36-19(2,3)4;/h10-11,32H,5-9,28H2,1-4H3,(H,29,34)(H,31,33);/q-1;/t11-;/m1./s1. The van der Waals surface area contributed by atoms with Crippen molar-refractivity contribution in [1.29, 1.82) is 0 Å². The van der Waals surface area contributed by atoms with Gasteiger partial charge in [-0.15, -0.1) is 6.42 Å². The minimum atomic E-state index is -4.99. The van der Waals surface area contributed by atoms with Gasteiger partial charge in [0.25, 0.3) is 12.1 Å². The summed E-state index contributed by atoms with van der Waals surface area (Å²) in [5.74, 6) is 3.02. The molecular weight excluding hydrogens is 561 g/mol. The van der Waals surface area contributed by atoms with E-state index in [-0.39, 0.29) is 42.5 Å². The molecule has 0 aliphatic heterocycles. The normalized spacial score (nSPS) is 13.0. The smallest absolute Gasteiger partial charge is 0.421 e. The molecule has 1 radical (unpaired) electrons. The number of halogens is 6. The fourth-order valence-corrected chi connectivity index (χ4v) is 2.83. The molecule has 0 unspecified atom stereocenters. The number of hydrogen-bond acceptors (Lipinski definition) is 7. The van der Waals surface area contributed by atoms with Gasteiger partial charge in [0.1, 0.15) is 11.2 Å². The molecule has 1 atom stereocenters. The SMILES string of the molecule is C[C@H](CCCCC[C-](O)C(F)(F)F)Oc1nc(C(=O)NN)c(NC(=O)OC(C)(C)C)cc1C(F)(F)F.[Co]. The number of aromatic nitrogens is 1. The van der Waals surface area contributed by atoms with Crippen molar-refractivity contribution in [2.24, 2.45) is 5.84 Å². The van der Waals surface area contributed by atoms with Crippen molar-refractivity contribution in [2.75, 3.05) is 5.32 Å². The van der Waals surface area contributed by atoms with Gasteiger partial charge in [-0.3, -0.25) is 15.5 Å². The first-order valence-electron chi connectivity index (χ1n) is 10.8. The number of ether oxygens (including phenoxy) is 2. The monoisotopic (exact) mass is 590 g/mol. The molecule has 215 valence electrons. The van der Waals surface area contributed by atoms with E-state index in [1.807, 2.05) is 5.32 Å². The third kappa shape index (κ3) is 12.2. The summed E-state index contributed by atoms with van der Waals surface area (Å²) < 4.78 is 88.3. The number of pyridine rings is 1. The number of nitrogens with zero attached hydrogens (tertiary/aromatic N) is 1. The van der Waals surface area contributed by atoms with Crippen LogP contribution in [0.5, 0.6) is 5.88 Å². The Morgan fingerprint density at radius 2 is 1.73 bits per heavy atom. The summed E-state index contributed by atoms with van der Waals surface area (Å²) in [5.41, 5.74) is -1.95. The van der Waals surface area contributed by atoms with Gasteiger partial charge in [0.2, 0.25) is 5.88 Å². The van der Waals surface area contributed by atoms with Crippen LogP contribution in [0.3, 0.4) is 0 Å². The molecule has 1 aromatic rings. The van der Waals surface area contributed by atoms with E-state index >= 15 is 0 Å². The molecule has 0 saturated carbocycles. The Morgan fingerprint density at radius 3 is 2.22 bits per heavy atom. The Balaban J connectivity index is 0.0000130. The van der Waals surface area contributed by atoms with Gasteiger partial charge >= 0.3 is 12.3 Å². The van der Waals surface area contributed by atoms with Crippen molar-refractivity contribution < 1.29 is 67.3 Å². The maximum Gasteiger partial charge on any atom is 0.421 e. The van der Waals surface area contributed by atoms with E-state index in [1.165, 1.54) is 27.7 Å². The van der Waals surface area contributed by atoms with Crippen molar-refractivity contribution in [3.63, 3.8) is 0 Å². The Kier molecular flexibility index (Phi) is 13.1. The Labute approximate surface area is 220 Å². The maximum absolute atomic E-state index is 13.7. The second-order valence-corrected chi connectivity index (χ2v) is 8.81. The third-order valence-corrected chi connectivity index (χ3v) is 4.44. The Bertz CT molecular complexity index is 909. The van der Waals surface area contributed by atoms with Gasteiger partial charge in [0.15, 0.2) is 5.69 Å².